The Labute approximate surface area is 242 Å². The van der Waals surface area contributed by atoms with E-state index in [9.17, 15) is 14.4 Å². The van der Waals surface area contributed by atoms with Crippen molar-refractivity contribution < 1.29 is 18.7 Å². The van der Waals surface area contributed by atoms with Gasteiger partial charge in [-0.1, -0.05) is 6.07 Å². The summed E-state index contributed by atoms with van der Waals surface area (Å²) in [6.45, 7) is 5.29. The number of rotatable bonds is 9. The van der Waals surface area contributed by atoms with Gasteiger partial charge >= 0.3 is 0 Å². The van der Waals surface area contributed by atoms with Gasteiger partial charge in [0, 0.05) is 37.0 Å². The van der Waals surface area contributed by atoms with Crippen molar-refractivity contribution in [3.05, 3.63) is 76.5 Å². The van der Waals surface area contributed by atoms with E-state index in [2.05, 4.69) is 20.6 Å². The van der Waals surface area contributed by atoms with E-state index in [1.807, 2.05) is 24.3 Å². The Bertz CT molecular complexity index is 1720. The van der Waals surface area contributed by atoms with Crippen LogP contribution in [0.5, 0.6) is 5.88 Å². The number of ketones is 1. The number of carbonyl (C=O) groups is 1. The Balaban J connectivity index is 1.12. The molecule has 6 rings (SSSR count). The van der Waals surface area contributed by atoms with Crippen LogP contribution in [0.1, 0.15) is 65.1 Å². The predicted octanol–water partition coefficient (Wildman–Crippen LogP) is 4.52. The van der Waals surface area contributed by atoms with E-state index >= 15 is 0 Å². The first-order valence-electron chi connectivity index (χ1n) is 14.1. The lowest BCUT2D eigenvalue weighted by atomic mass is 10.1. The SMILES string of the molecule is CC(=O)c1ccc2nc(CN3CCC(n4cc(C#N)c(OCc5ccc(C#N)cc5F)n4)CC3)n(C[C@@H]3CCO3)c2c1. The maximum absolute atomic E-state index is 14.3. The third kappa shape index (κ3) is 5.62. The number of fused-ring (bicyclic) bond motifs is 1. The molecule has 0 spiro atoms. The summed E-state index contributed by atoms with van der Waals surface area (Å²) in [5.74, 6) is 0.616. The molecule has 42 heavy (non-hydrogen) atoms. The van der Waals surface area contributed by atoms with Crippen LogP contribution in [0.3, 0.4) is 0 Å². The molecule has 2 saturated heterocycles. The number of hydrogen-bond acceptors (Lipinski definition) is 8. The molecule has 0 N–H and O–H groups in total. The molecular formula is C31H30FN7O3. The zero-order chi connectivity index (χ0) is 29.2. The van der Waals surface area contributed by atoms with E-state index in [4.69, 9.17) is 19.7 Å². The summed E-state index contributed by atoms with van der Waals surface area (Å²) in [7, 11) is 0. The van der Waals surface area contributed by atoms with Crippen LogP contribution in [-0.4, -0.2) is 55.8 Å². The molecule has 2 aromatic heterocycles. The normalized spacial score (nSPS) is 17.5. The second kappa shape index (κ2) is 11.7. The van der Waals surface area contributed by atoms with Gasteiger partial charge in [0.05, 0.1) is 47.9 Å². The van der Waals surface area contributed by atoms with Crippen LogP contribution in [0.4, 0.5) is 4.39 Å². The quantitative estimate of drug-likeness (QED) is 0.271. The number of nitrogens with zero attached hydrogens (tertiary/aromatic N) is 7. The summed E-state index contributed by atoms with van der Waals surface area (Å²) in [6, 6.07) is 14.0. The minimum atomic E-state index is -0.535. The first-order valence-corrected chi connectivity index (χ1v) is 14.1. The van der Waals surface area contributed by atoms with Crippen molar-refractivity contribution in [1.82, 2.24) is 24.2 Å². The summed E-state index contributed by atoms with van der Waals surface area (Å²) < 4.78 is 29.7. The number of Topliss-reactive ketones (excluding diaryl/α,β-unsaturated/α-hetero) is 1. The van der Waals surface area contributed by atoms with E-state index < -0.39 is 5.82 Å². The molecule has 10 nitrogen and oxygen atoms in total. The van der Waals surface area contributed by atoms with Gasteiger partial charge < -0.3 is 14.0 Å². The minimum absolute atomic E-state index is 0.0290. The fraction of sp³-hybridized carbons (Fsp3) is 0.387. The zero-order valence-electron chi connectivity index (χ0n) is 23.3. The average molecular weight is 568 g/mol. The van der Waals surface area contributed by atoms with Crippen LogP contribution in [0, 0.1) is 28.5 Å². The molecule has 11 heteroatoms. The summed E-state index contributed by atoms with van der Waals surface area (Å²) in [6.07, 6.45) is 4.52. The van der Waals surface area contributed by atoms with Crippen molar-refractivity contribution >= 4 is 16.8 Å². The predicted molar refractivity (Wildman–Crippen MR) is 150 cm³/mol. The van der Waals surface area contributed by atoms with Crippen LogP contribution in [0.25, 0.3) is 11.0 Å². The molecule has 0 unspecified atom stereocenters. The summed E-state index contributed by atoms with van der Waals surface area (Å²) >= 11 is 0. The van der Waals surface area contributed by atoms with Crippen molar-refractivity contribution in [2.75, 3.05) is 19.7 Å². The number of nitriles is 2. The van der Waals surface area contributed by atoms with Crippen LogP contribution in [-0.2, 0) is 24.4 Å². The molecule has 0 amide bonds. The topological polar surface area (TPSA) is 122 Å². The fourth-order valence-electron chi connectivity index (χ4n) is 5.52. The van der Waals surface area contributed by atoms with Crippen molar-refractivity contribution in [2.45, 2.75) is 58.0 Å². The monoisotopic (exact) mass is 567 g/mol. The van der Waals surface area contributed by atoms with Crippen molar-refractivity contribution in [3.8, 4) is 18.0 Å². The third-order valence-electron chi connectivity index (χ3n) is 8.07. The van der Waals surface area contributed by atoms with E-state index in [0.29, 0.717) is 24.2 Å². The van der Waals surface area contributed by atoms with Gasteiger partial charge in [-0.2, -0.15) is 10.5 Å². The molecule has 2 aromatic carbocycles. The maximum atomic E-state index is 14.3. The van der Waals surface area contributed by atoms with Crippen molar-refractivity contribution in [1.29, 1.82) is 10.5 Å². The number of imidazole rings is 1. The Hall–Kier alpha value is -4.58. The number of ether oxygens (including phenoxy) is 2. The van der Waals surface area contributed by atoms with Gasteiger partial charge in [-0.05, 0) is 56.5 Å². The Morgan fingerprint density at radius 2 is 1.95 bits per heavy atom. The highest BCUT2D eigenvalue weighted by Crippen LogP contribution is 2.28. The van der Waals surface area contributed by atoms with E-state index in [0.717, 1.165) is 61.9 Å². The number of aromatic nitrogens is 4. The van der Waals surface area contributed by atoms with Gasteiger partial charge in [0.15, 0.2) is 5.78 Å². The van der Waals surface area contributed by atoms with E-state index in [1.54, 1.807) is 17.8 Å². The minimum Gasteiger partial charge on any atom is -0.471 e. The molecule has 0 aliphatic carbocycles. The van der Waals surface area contributed by atoms with Crippen molar-refractivity contribution in [3.63, 3.8) is 0 Å². The van der Waals surface area contributed by atoms with Crippen LogP contribution in [0.2, 0.25) is 0 Å². The lowest BCUT2D eigenvalue weighted by Crippen LogP contribution is -2.36. The van der Waals surface area contributed by atoms with Crippen molar-refractivity contribution in [2.24, 2.45) is 0 Å². The molecule has 1 atom stereocenters. The number of piperidine rings is 1. The molecule has 2 aliphatic rings. The molecule has 4 heterocycles. The lowest BCUT2D eigenvalue weighted by molar-refractivity contribution is -0.0592. The third-order valence-corrected chi connectivity index (χ3v) is 8.07. The van der Waals surface area contributed by atoms with Crippen LogP contribution < -0.4 is 4.74 Å². The van der Waals surface area contributed by atoms with Crippen LogP contribution >= 0.6 is 0 Å². The molecular weight excluding hydrogens is 537 g/mol. The fourth-order valence-corrected chi connectivity index (χ4v) is 5.52. The number of carbonyl (C=O) groups excluding carboxylic acids is 1. The molecule has 0 saturated carbocycles. The highest BCUT2D eigenvalue weighted by atomic mass is 19.1. The van der Waals surface area contributed by atoms with E-state index in [-0.39, 0.29) is 41.5 Å². The molecule has 2 fully saturated rings. The smallest absolute Gasteiger partial charge is 0.251 e. The van der Waals surface area contributed by atoms with Gasteiger partial charge in [0.1, 0.15) is 29.9 Å². The highest BCUT2D eigenvalue weighted by molar-refractivity contribution is 5.97. The van der Waals surface area contributed by atoms with Crippen LogP contribution in [0.15, 0.2) is 42.6 Å². The summed E-state index contributed by atoms with van der Waals surface area (Å²) in [5.41, 5.74) is 3.31. The maximum Gasteiger partial charge on any atom is 0.251 e. The largest absolute Gasteiger partial charge is 0.471 e. The molecule has 2 aliphatic heterocycles. The number of likely N-dealkylation sites (tertiary alicyclic amines) is 1. The second-order valence-corrected chi connectivity index (χ2v) is 10.8. The Kier molecular flexibility index (Phi) is 7.70. The van der Waals surface area contributed by atoms with Gasteiger partial charge in [-0.25, -0.2) is 9.37 Å². The number of benzene rings is 2. The Morgan fingerprint density at radius 1 is 1.14 bits per heavy atom. The Morgan fingerprint density at radius 3 is 2.62 bits per heavy atom. The van der Waals surface area contributed by atoms with Gasteiger partial charge in [-0.15, -0.1) is 5.10 Å². The molecule has 0 bridgehead atoms. The average Bonchev–Trinajstić information content (AvgIpc) is 3.54. The standard InChI is InChI=1S/C31H30FN7O3/c1-20(40)22-4-5-28-29(13-22)38(17-26-8-11-41-26)30(35-28)18-37-9-6-25(7-10-37)39-16-24(15-34)31(36-39)42-19-23-3-2-21(14-33)12-27(23)32/h2-5,12-13,16,25-26H,6-11,17-19H2,1H3/t26-/m0/s1. The van der Waals surface area contributed by atoms with Gasteiger partial charge in [0.25, 0.3) is 5.88 Å². The van der Waals surface area contributed by atoms with Gasteiger partial charge in [0.2, 0.25) is 0 Å². The lowest BCUT2D eigenvalue weighted by Gasteiger charge is -2.32. The number of hydrogen-bond donors (Lipinski definition) is 0. The zero-order valence-corrected chi connectivity index (χ0v) is 23.3. The highest BCUT2D eigenvalue weighted by Gasteiger charge is 2.27. The summed E-state index contributed by atoms with van der Waals surface area (Å²) in [4.78, 5) is 19.3. The molecule has 0 radical (unpaired) electrons. The second-order valence-electron chi connectivity index (χ2n) is 10.8. The number of halogens is 1. The molecule has 4 aromatic rings. The summed E-state index contributed by atoms with van der Waals surface area (Å²) in [5, 5.41) is 23.1. The van der Waals surface area contributed by atoms with E-state index in [1.165, 1.54) is 12.1 Å². The molecule has 214 valence electrons. The van der Waals surface area contributed by atoms with Gasteiger partial charge in [-0.3, -0.25) is 14.4 Å². The first kappa shape index (κ1) is 27.6. The first-order chi connectivity index (χ1) is 20.4.